The first-order valence-electron chi connectivity index (χ1n) is 8.85. The second-order valence-electron chi connectivity index (χ2n) is 6.55. The van der Waals surface area contributed by atoms with Crippen molar-refractivity contribution in [1.82, 2.24) is 14.6 Å². The summed E-state index contributed by atoms with van der Waals surface area (Å²) in [7, 11) is -2.29. The van der Waals surface area contributed by atoms with Crippen LogP contribution in [0.5, 0.6) is 0 Å². The van der Waals surface area contributed by atoms with E-state index in [4.69, 9.17) is 0 Å². The van der Waals surface area contributed by atoms with Crippen molar-refractivity contribution in [3.63, 3.8) is 0 Å². The maximum Gasteiger partial charge on any atom is 0.262 e. The topological polar surface area (TPSA) is 126 Å². The van der Waals surface area contributed by atoms with E-state index in [-0.39, 0.29) is 21.2 Å². The number of aromatic nitrogens is 1. The average molecular weight is 444 g/mol. The molecule has 0 saturated heterocycles. The minimum atomic E-state index is -3.61. The van der Waals surface area contributed by atoms with Gasteiger partial charge in [-0.15, -0.1) is 0 Å². The predicted octanol–water partition coefficient (Wildman–Crippen LogP) is 1.83. The molecular formula is C19H16N4O5S2. The number of amides is 3. The summed E-state index contributed by atoms with van der Waals surface area (Å²) >= 11 is 1.09. The summed E-state index contributed by atoms with van der Waals surface area (Å²) in [5, 5.41) is 2.84. The van der Waals surface area contributed by atoms with Gasteiger partial charge in [-0.3, -0.25) is 19.3 Å². The number of sulfonamides is 1. The molecule has 1 aliphatic heterocycles. The van der Waals surface area contributed by atoms with Crippen LogP contribution < -0.4 is 10.0 Å². The molecule has 3 amide bonds. The fraction of sp³-hybridized carbons (Fsp3) is 0.158. The first kappa shape index (κ1) is 20.1. The first-order chi connectivity index (χ1) is 14.2. The molecule has 9 nitrogen and oxygen atoms in total. The number of nitrogens with zero attached hydrogens (tertiary/aromatic N) is 2. The van der Waals surface area contributed by atoms with Crippen molar-refractivity contribution in [2.75, 3.05) is 12.4 Å². The van der Waals surface area contributed by atoms with Crippen LogP contribution >= 0.6 is 11.3 Å². The van der Waals surface area contributed by atoms with Gasteiger partial charge in [-0.1, -0.05) is 23.5 Å². The van der Waals surface area contributed by atoms with Crippen molar-refractivity contribution >= 4 is 54.4 Å². The maximum absolute atomic E-state index is 12.7. The maximum atomic E-state index is 12.7. The zero-order chi connectivity index (χ0) is 21.6. The lowest BCUT2D eigenvalue weighted by atomic mass is 10.1. The van der Waals surface area contributed by atoms with Crippen molar-refractivity contribution < 1.29 is 22.8 Å². The Bertz CT molecular complexity index is 1280. The van der Waals surface area contributed by atoms with Gasteiger partial charge in [0.2, 0.25) is 15.9 Å². The first-order valence-corrected chi connectivity index (χ1v) is 11.1. The van der Waals surface area contributed by atoms with E-state index in [0.717, 1.165) is 16.2 Å². The van der Waals surface area contributed by atoms with E-state index in [1.807, 2.05) is 0 Å². The molecule has 1 aromatic heterocycles. The Morgan fingerprint density at radius 1 is 1.10 bits per heavy atom. The normalized spacial score (nSPS) is 14.8. The minimum Gasteiger partial charge on any atom is -0.300 e. The van der Waals surface area contributed by atoms with E-state index in [2.05, 4.69) is 15.0 Å². The van der Waals surface area contributed by atoms with Crippen molar-refractivity contribution in [2.45, 2.75) is 17.9 Å². The van der Waals surface area contributed by atoms with Crippen molar-refractivity contribution in [3.8, 4) is 0 Å². The Hall–Kier alpha value is -3.15. The number of carbonyl (C=O) groups is 3. The quantitative estimate of drug-likeness (QED) is 0.579. The standard InChI is InChI=1S/C19H16N4O5S2/c1-10(23-17(25)12-5-3-4-6-13(12)18(23)26)16(24)22-19-21-14-8-7-11(9-15(14)29-19)30(27,28)20-2/h3-10,20H,1-2H3,(H,21,22,24). The highest BCUT2D eigenvalue weighted by molar-refractivity contribution is 7.89. The molecule has 30 heavy (non-hydrogen) atoms. The van der Waals surface area contributed by atoms with Crippen LogP contribution in [-0.4, -0.2) is 49.1 Å². The molecule has 2 heterocycles. The molecule has 0 fully saturated rings. The zero-order valence-electron chi connectivity index (χ0n) is 15.9. The van der Waals surface area contributed by atoms with Crippen LogP contribution in [0.3, 0.4) is 0 Å². The third-order valence-corrected chi connectivity index (χ3v) is 7.11. The molecule has 2 aromatic carbocycles. The second-order valence-corrected chi connectivity index (χ2v) is 9.46. The summed E-state index contributed by atoms with van der Waals surface area (Å²) in [4.78, 5) is 43.1. The Labute approximate surface area is 175 Å². The van der Waals surface area contributed by atoms with Gasteiger partial charge in [-0.05, 0) is 44.3 Å². The molecule has 4 rings (SSSR count). The molecule has 1 unspecified atom stereocenters. The lowest BCUT2D eigenvalue weighted by Gasteiger charge is -2.21. The molecule has 11 heteroatoms. The Morgan fingerprint density at radius 2 is 1.73 bits per heavy atom. The minimum absolute atomic E-state index is 0.0819. The molecule has 1 aliphatic rings. The fourth-order valence-corrected chi connectivity index (χ4v) is 4.87. The van der Waals surface area contributed by atoms with Crippen LogP contribution in [0.15, 0.2) is 47.4 Å². The SMILES string of the molecule is CNS(=O)(=O)c1ccc2nc(NC(=O)C(C)N3C(=O)c4ccccc4C3=O)sc2c1. The van der Waals surface area contributed by atoms with Crippen LogP contribution in [0.4, 0.5) is 5.13 Å². The Morgan fingerprint density at radius 3 is 2.33 bits per heavy atom. The molecule has 1 atom stereocenters. The van der Waals surface area contributed by atoms with Gasteiger partial charge in [0.05, 0.1) is 26.2 Å². The van der Waals surface area contributed by atoms with Crippen LogP contribution in [0.25, 0.3) is 10.2 Å². The predicted molar refractivity (Wildman–Crippen MR) is 111 cm³/mol. The molecule has 2 N–H and O–H groups in total. The van der Waals surface area contributed by atoms with Gasteiger partial charge < -0.3 is 5.32 Å². The monoisotopic (exact) mass is 444 g/mol. The van der Waals surface area contributed by atoms with Gasteiger partial charge in [0.25, 0.3) is 11.8 Å². The molecule has 0 spiro atoms. The number of imide groups is 1. The lowest BCUT2D eigenvalue weighted by Crippen LogP contribution is -2.45. The van der Waals surface area contributed by atoms with Crippen molar-refractivity contribution in [3.05, 3.63) is 53.6 Å². The largest absolute Gasteiger partial charge is 0.300 e. The molecular weight excluding hydrogens is 428 g/mol. The van der Waals surface area contributed by atoms with Gasteiger partial charge in [-0.2, -0.15) is 0 Å². The van der Waals surface area contributed by atoms with E-state index >= 15 is 0 Å². The van der Waals surface area contributed by atoms with E-state index < -0.39 is 33.8 Å². The zero-order valence-corrected chi connectivity index (χ0v) is 17.5. The van der Waals surface area contributed by atoms with Crippen LogP contribution in [0.1, 0.15) is 27.6 Å². The molecule has 154 valence electrons. The molecule has 3 aromatic rings. The highest BCUT2D eigenvalue weighted by atomic mass is 32.2. The summed E-state index contributed by atoms with van der Waals surface area (Å²) in [5.74, 6) is -1.62. The molecule has 0 saturated carbocycles. The van der Waals surface area contributed by atoms with E-state index in [0.29, 0.717) is 10.2 Å². The number of fused-ring (bicyclic) bond motifs is 2. The van der Waals surface area contributed by atoms with Crippen LogP contribution in [0, 0.1) is 0 Å². The van der Waals surface area contributed by atoms with E-state index in [1.54, 1.807) is 30.3 Å². The highest BCUT2D eigenvalue weighted by Gasteiger charge is 2.40. The summed E-state index contributed by atoms with van der Waals surface area (Å²) in [5.41, 5.74) is 1.04. The van der Waals surface area contributed by atoms with Gasteiger partial charge in [0, 0.05) is 0 Å². The summed E-state index contributed by atoms with van der Waals surface area (Å²) in [6.07, 6.45) is 0. The van der Waals surface area contributed by atoms with E-state index in [1.165, 1.54) is 26.1 Å². The smallest absolute Gasteiger partial charge is 0.262 e. The number of carbonyl (C=O) groups excluding carboxylic acids is 3. The Balaban J connectivity index is 1.56. The van der Waals surface area contributed by atoms with Gasteiger partial charge in [0.15, 0.2) is 5.13 Å². The number of thiazole rings is 1. The summed E-state index contributed by atoms with van der Waals surface area (Å²) in [6, 6.07) is 9.77. The third kappa shape index (κ3) is 3.26. The number of hydrogen-bond acceptors (Lipinski definition) is 7. The highest BCUT2D eigenvalue weighted by Crippen LogP contribution is 2.29. The Kier molecular flexibility index (Phi) is 4.88. The van der Waals surface area contributed by atoms with Gasteiger partial charge in [-0.25, -0.2) is 18.1 Å². The fourth-order valence-electron chi connectivity index (χ4n) is 3.13. The van der Waals surface area contributed by atoms with Crippen molar-refractivity contribution in [1.29, 1.82) is 0 Å². The number of benzene rings is 2. The lowest BCUT2D eigenvalue weighted by molar-refractivity contribution is -0.119. The van der Waals surface area contributed by atoms with Crippen molar-refractivity contribution in [2.24, 2.45) is 0 Å². The summed E-state index contributed by atoms with van der Waals surface area (Å²) < 4.78 is 26.7. The second kappa shape index (κ2) is 7.27. The number of hydrogen-bond donors (Lipinski definition) is 2. The number of anilines is 1. The number of nitrogens with one attached hydrogen (secondary N) is 2. The van der Waals surface area contributed by atoms with E-state index in [9.17, 15) is 22.8 Å². The number of rotatable bonds is 5. The van der Waals surface area contributed by atoms with Gasteiger partial charge >= 0.3 is 0 Å². The third-order valence-electron chi connectivity index (χ3n) is 4.76. The molecule has 0 bridgehead atoms. The molecule has 0 radical (unpaired) electrons. The van der Waals surface area contributed by atoms with Crippen LogP contribution in [0.2, 0.25) is 0 Å². The van der Waals surface area contributed by atoms with Gasteiger partial charge in [0.1, 0.15) is 6.04 Å². The average Bonchev–Trinajstić information content (AvgIpc) is 3.25. The summed E-state index contributed by atoms with van der Waals surface area (Å²) in [6.45, 7) is 1.46. The molecule has 0 aliphatic carbocycles. The van der Waals surface area contributed by atoms with Crippen LogP contribution in [-0.2, 0) is 14.8 Å².